The van der Waals surface area contributed by atoms with Gasteiger partial charge in [0.1, 0.15) is 0 Å². The molecule has 3 heteroatoms. The molecule has 1 fully saturated rings. The van der Waals surface area contributed by atoms with Crippen LogP contribution in [0.4, 0.5) is 5.69 Å². The minimum Gasteiger partial charge on any atom is -0.399 e. The van der Waals surface area contributed by atoms with E-state index in [0.29, 0.717) is 12.6 Å². The van der Waals surface area contributed by atoms with Gasteiger partial charge in [-0.05, 0) is 44.1 Å². The molecule has 2 N–H and O–H groups in total. The number of rotatable bonds is 4. The molecular formula is C13H20N2O. The van der Waals surface area contributed by atoms with Crippen LogP contribution in [0.25, 0.3) is 0 Å². The van der Waals surface area contributed by atoms with Gasteiger partial charge in [-0.1, -0.05) is 12.1 Å². The maximum atomic E-state index is 5.73. The molecule has 1 aliphatic rings. The molecule has 1 aromatic rings. The first-order valence-electron chi connectivity index (χ1n) is 5.88. The minimum absolute atomic E-state index is 0.598. The van der Waals surface area contributed by atoms with Crippen molar-refractivity contribution in [3.8, 4) is 0 Å². The topological polar surface area (TPSA) is 38.5 Å². The largest absolute Gasteiger partial charge is 0.399 e. The van der Waals surface area contributed by atoms with E-state index in [1.165, 1.54) is 19.4 Å². The maximum absolute atomic E-state index is 5.73. The van der Waals surface area contributed by atoms with E-state index >= 15 is 0 Å². The lowest BCUT2D eigenvalue weighted by atomic mass is 10.2. The second kappa shape index (κ2) is 5.32. The second-order valence-electron chi connectivity index (χ2n) is 4.54. The summed E-state index contributed by atoms with van der Waals surface area (Å²) in [7, 11) is 2.17. The molecule has 0 unspecified atom stereocenters. The predicted octanol–water partition coefficient (Wildman–Crippen LogP) is 1.88. The molecule has 3 nitrogen and oxygen atoms in total. The van der Waals surface area contributed by atoms with Gasteiger partial charge in [-0.25, -0.2) is 0 Å². The van der Waals surface area contributed by atoms with Crippen molar-refractivity contribution < 1.29 is 4.74 Å². The van der Waals surface area contributed by atoms with Crippen LogP contribution in [0.5, 0.6) is 0 Å². The average molecular weight is 220 g/mol. The highest BCUT2D eigenvalue weighted by Gasteiger charge is 2.20. The number of hydrogen-bond donors (Lipinski definition) is 1. The molecule has 0 radical (unpaired) electrons. The summed E-state index contributed by atoms with van der Waals surface area (Å²) < 4.78 is 5.73. The molecule has 0 spiro atoms. The first-order valence-corrected chi connectivity index (χ1v) is 5.88. The lowest BCUT2D eigenvalue weighted by Crippen LogP contribution is -2.29. The highest BCUT2D eigenvalue weighted by atomic mass is 16.5. The molecule has 88 valence electrons. The Labute approximate surface area is 97.2 Å². The van der Waals surface area contributed by atoms with Crippen molar-refractivity contribution >= 4 is 5.69 Å². The summed E-state index contributed by atoms with van der Waals surface area (Å²) >= 11 is 0. The van der Waals surface area contributed by atoms with E-state index < -0.39 is 0 Å². The molecule has 1 saturated heterocycles. The van der Waals surface area contributed by atoms with Crippen LogP contribution in [0.2, 0.25) is 0 Å². The Hall–Kier alpha value is -1.06. The van der Waals surface area contributed by atoms with E-state index in [1.54, 1.807) is 0 Å². The summed E-state index contributed by atoms with van der Waals surface area (Å²) in [4.78, 5) is 2.37. The lowest BCUT2D eigenvalue weighted by molar-refractivity contribution is 0.0749. The molecule has 0 amide bonds. The van der Waals surface area contributed by atoms with E-state index in [2.05, 4.69) is 18.0 Å². The second-order valence-corrected chi connectivity index (χ2v) is 4.54. The summed E-state index contributed by atoms with van der Waals surface area (Å²) in [6, 6.07) is 8.48. The van der Waals surface area contributed by atoms with Gasteiger partial charge in [0.05, 0.1) is 13.2 Å². The first-order chi connectivity index (χ1) is 7.75. The molecule has 1 aromatic carbocycles. The number of nitrogens with zero attached hydrogens (tertiary/aromatic N) is 1. The number of nitrogens with two attached hydrogens (primary N) is 1. The summed E-state index contributed by atoms with van der Waals surface area (Å²) in [6.07, 6.45) is 2.55. The minimum atomic E-state index is 0.598. The van der Waals surface area contributed by atoms with Crippen molar-refractivity contribution in [3.63, 3.8) is 0 Å². The number of ether oxygens (including phenoxy) is 1. The number of hydrogen-bond acceptors (Lipinski definition) is 3. The highest BCUT2D eigenvalue weighted by molar-refractivity contribution is 5.40. The fourth-order valence-corrected chi connectivity index (χ4v) is 2.19. The molecule has 0 aliphatic carbocycles. The Morgan fingerprint density at radius 2 is 2.38 bits per heavy atom. The third-order valence-corrected chi connectivity index (χ3v) is 3.20. The zero-order valence-electron chi connectivity index (χ0n) is 9.86. The van der Waals surface area contributed by atoms with Crippen LogP contribution < -0.4 is 5.73 Å². The van der Waals surface area contributed by atoms with Crippen LogP contribution in [0.3, 0.4) is 0 Å². The van der Waals surface area contributed by atoms with E-state index in [4.69, 9.17) is 10.5 Å². The number of likely N-dealkylation sites (N-methyl/N-ethyl adjacent to an activating group) is 1. The van der Waals surface area contributed by atoms with Gasteiger partial charge in [-0.15, -0.1) is 0 Å². The average Bonchev–Trinajstić information content (AvgIpc) is 2.65. The van der Waals surface area contributed by atoms with Crippen LogP contribution in [0.1, 0.15) is 18.4 Å². The standard InChI is InChI=1S/C13H20N2O/c1-15-7-3-6-13(15)10-16-9-11-4-2-5-12(14)8-11/h2,4-5,8,13H,3,6-7,9-10,14H2,1H3/t13-/m0/s1. The Morgan fingerprint density at radius 1 is 1.50 bits per heavy atom. The smallest absolute Gasteiger partial charge is 0.0718 e. The van der Waals surface area contributed by atoms with Crippen molar-refractivity contribution in [2.75, 3.05) is 25.9 Å². The van der Waals surface area contributed by atoms with Crippen LogP contribution in [-0.4, -0.2) is 31.1 Å². The number of benzene rings is 1. The van der Waals surface area contributed by atoms with E-state index in [-0.39, 0.29) is 0 Å². The molecule has 1 aliphatic heterocycles. The van der Waals surface area contributed by atoms with Crippen LogP contribution in [-0.2, 0) is 11.3 Å². The molecule has 1 atom stereocenters. The molecule has 16 heavy (non-hydrogen) atoms. The van der Waals surface area contributed by atoms with Crippen LogP contribution >= 0.6 is 0 Å². The summed E-state index contributed by atoms with van der Waals surface area (Å²) in [5.74, 6) is 0. The van der Waals surface area contributed by atoms with Crippen LogP contribution in [0.15, 0.2) is 24.3 Å². The highest BCUT2D eigenvalue weighted by Crippen LogP contribution is 2.15. The van der Waals surface area contributed by atoms with Gasteiger partial charge >= 0.3 is 0 Å². The fourth-order valence-electron chi connectivity index (χ4n) is 2.19. The van der Waals surface area contributed by atoms with E-state index in [0.717, 1.165) is 17.9 Å². The monoisotopic (exact) mass is 220 g/mol. The number of anilines is 1. The Bertz CT molecular complexity index is 340. The van der Waals surface area contributed by atoms with Gasteiger partial charge in [0, 0.05) is 11.7 Å². The molecular weight excluding hydrogens is 200 g/mol. The Kier molecular flexibility index (Phi) is 3.80. The van der Waals surface area contributed by atoms with Gasteiger partial charge in [0.25, 0.3) is 0 Å². The molecule has 1 heterocycles. The zero-order valence-corrected chi connectivity index (χ0v) is 9.86. The van der Waals surface area contributed by atoms with Crippen molar-refractivity contribution in [2.45, 2.75) is 25.5 Å². The van der Waals surface area contributed by atoms with Crippen LogP contribution in [0, 0.1) is 0 Å². The maximum Gasteiger partial charge on any atom is 0.0718 e. The molecule has 0 aromatic heterocycles. The Balaban J connectivity index is 1.75. The normalized spacial score (nSPS) is 21.4. The van der Waals surface area contributed by atoms with Gasteiger partial charge in [0.2, 0.25) is 0 Å². The van der Waals surface area contributed by atoms with Gasteiger partial charge in [-0.2, -0.15) is 0 Å². The van der Waals surface area contributed by atoms with Crippen molar-refractivity contribution in [1.82, 2.24) is 4.90 Å². The summed E-state index contributed by atoms with van der Waals surface area (Å²) in [5.41, 5.74) is 7.67. The summed E-state index contributed by atoms with van der Waals surface area (Å²) in [6.45, 7) is 2.69. The van der Waals surface area contributed by atoms with Crippen molar-refractivity contribution in [1.29, 1.82) is 0 Å². The van der Waals surface area contributed by atoms with Gasteiger partial charge in [-0.3, -0.25) is 0 Å². The number of likely N-dealkylation sites (tertiary alicyclic amines) is 1. The predicted molar refractivity (Wildman–Crippen MR) is 66.2 cm³/mol. The van der Waals surface area contributed by atoms with E-state index in [9.17, 15) is 0 Å². The number of nitrogen functional groups attached to an aromatic ring is 1. The molecule has 0 bridgehead atoms. The third kappa shape index (κ3) is 2.97. The quantitative estimate of drug-likeness (QED) is 0.787. The lowest BCUT2D eigenvalue weighted by Gasteiger charge is -2.19. The van der Waals surface area contributed by atoms with Crippen molar-refractivity contribution in [3.05, 3.63) is 29.8 Å². The van der Waals surface area contributed by atoms with E-state index in [1.807, 2.05) is 18.2 Å². The first kappa shape index (κ1) is 11.4. The SMILES string of the molecule is CN1CCC[C@H]1COCc1cccc(N)c1. The van der Waals surface area contributed by atoms with Gasteiger partial charge < -0.3 is 15.4 Å². The van der Waals surface area contributed by atoms with Gasteiger partial charge in [0.15, 0.2) is 0 Å². The summed E-state index contributed by atoms with van der Waals surface area (Å²) in [5, 5.41) is 0. The molecule has 2 rings (SSSR count). The third-order valence-electron chi connectivity index (χ3n) is 3.20. The zero-order chi connectivity index (χ0) is 11.4. The fraction of sp³-hybridized carbons (Fsp3) is 0.538. The van der Waals surface area contributed by atoms with Crippen molar-refractivity contribution in [2.24, 2.45) is 0 Å². The molecule has 0 saturated carbocycles. The Morgan fingerprint density at radius 3 is 3.06 bits per heavy atom.